The van der Waals surface area contributed by atoms with Crippen LogP contribution in [-0.4, -0.2) is 51.3 Å². The van der Waals surface area contributed by atoms with Crippen LogP contribution in [-0.2, 0) is 17.6 Å². The van der Waals surface area contributed by atoms with E-state index in [1.807, 2.05) is 12.1 Å². The van der Waals surface area contributed by atoms with Crippen molar-refractivity contribution in [3.63, 3.8) is 0 Å². The largest absolute Gasteiger partial charge is 0.493 e. The number of fused-ring (bicyclic) bond motifs is 1. The van der Waals surface area contributed by atoms with Crippen LogP contribution in [0, 0.1) is 0 Å². The van der Waals surface area contributed by atoms with Crippen LogP contribution in [0.25, 0.3) is 0 Å². The smallest absolute Gasteiger partial charge is 0.291 e. The molecule has 1 saturated heterocycles. The van der Waals surface area contributed by atoms with Gasteiger partial charge in [-0.25, -0.2) is 0 Å². The van der Waals surface area contributed by atoms with Crippen LogP contribution in [0.4, 0.5) is 5.00 Å². The first-order chi connectivity index (χ1) is 16.7. The van der Waals surface area contributed by atoms with Gasteiger partial charge in [0.25, 0.3) is 5.91 Å². The number of ether oxygens (including phenoxy) is 3. The highest BCUT2D eigenvalue weighted by molar-refractivity contribution is 7.16. The molecule has 3 heterocycles. The van der Waals surface area contributed by atoms with Gasteiger partial charge in [0.15, 0.2) is 17.3 Å². The summed E-state index contributed by atoms with van der Waals surface area (Å²) in [5.74, 6) is 1.49. The number of nitrogens with one attached hydrogen (secondary N) is 1. The minimum Gasteiger partial charge on any atom is -0.493 e. The number of carbonyl (C=O) groups is 1. The van der Waals surface area contributed by atoms with Crippen LogP contribution >= 0.6 is 11.3 Å². The number of rotatable bonds is 7. The average molecular weight is 483 g/mol. The van der Waals surface area contributed by atoms with Crippen LogP contribution in [0.3, 0.4) is 0 Å². The van der Waals surface area contributed by atoms with E-state index in [0.717, 1.165) is 54.2 Å². The van der Waals surface area contributed by atoms with E-state index in [1.54, 1.807) is 37.7 Å². The SMILES string of the molecule is COc1cccc([C@@H](c2c(NC(=O)c3ccco3)sc3c2CCCC3)N2CCOCC2)c1OC. The molecule has 8 heteroatoms. The Kier molecular flexibility index (Phi) is 6.89. The molecule has 1 amide bonds. The first-order valence-corrected chi connectivity index (χ1v) is 12.5. The molecule has 0 spiro atoms. The van der Waals surface area contributed by atoms with Crippen molar-refractivity contribution < 1.29 is 23.4 Å². The number of nitrogens with zero attached hydrogens (tertiary/aromatic N) is 1. The second-order valence-electron chi connectivity index (χ2n) is 8.52. The van der Waals surface area contributed by atoms with Gasteiger partial charge in [-0.1, -0.05) is 12.1 Å². The number of amides is 1. The Labute approximate surface area is 203 Å². The first kappa shape index (κ1) is 23.0. The Morgan fingerprint density at radius 3 is 2.65 bits per heavy atom. The fraction of sp³-hybridized carbons (Fsp3) is 0.423. The number of carbonyl (C=O) groups excluding carboxylic acids is 1. The Hall–Kier alpha value is -2.81. The van der Waals surface area contributed by atoms with Crippen molar-refractivity contribution in [1.29, 1.82) is 0 Å². The molecule has 5 rings (SSSR count). The van der Waals surface area contributed by atoms with Crippen molar-refractivity contribution in [2.24, 2.45) is 0 Å². The summed E-state index contributed by atoms with van der Waals surface area (Å²) < 4.78 is 22.6. The predicted molar refractivity (Wildman–Crippen MR) is 131 cm³/mol. The standard InChI is InChI=1S/C26H30N2O5S/c1-30-19-9-5-8-18(24(19)31-2)23(28-12-15-32-16-13-28)22-17-7-3-4-11-21(17)34-26(22)27-25(29)20-10-6-14-33-20/h5-6,8-10,14,23H,3-4,7,11-13,15-16H2,1-2H3,(H,27,29)/t23-/m0/s1. The van der Waals surface area contributed by atoms with E-state index in [0.29, 0.717) is 24.7 Å². The van der Waals surface area contributed by atoms with Gasteiger partial charge in [-0.05, 0) is 49.4 Å². The van der Waals surface area contributed by atoms with Crippen molar-refractivity contribution in [3.8, 4) is 11.5 Å². The molecule has 1 aromatic carbocycles. The Bertz CT molecular complexity index is 1130. The Morgan fingerprint density at radius 2 is 1.91 bits per heavy atom. The van der Waals surface area contributed by atoms with Crippen molar-refractivity contribution in [1.82, 2.24) is 4.90 Å². The second-order valence-corrected chi connectivity index (χ2v) is 9.62. The van der Waals surface area contributed by atoms with Crippen LogP contribution < -0.4 is 14.8 Å². The molecule has 0 unspecified atom stereocenters. The highest BCUT2D eigenvalue weighted by atomic mass is 32.1. The zero-order valence-corrected chi connectivity index (χ0v) is 20.4. The fourth-order valence-electron chi connectivity index (χ4n) is 5.04. The number of morpholine rings is 1. The summed E-state index contributed by atoms with van der Waals surface area (Å²) in [6.45, 7) is 2.93. The molecule has 1 fully saturated rings. The van der Waals surface area contributed by atoms with Crippen molar-refractivity contribution in [3.05, 3.63) is 63.9 Å². The number of para-hydroxylation sites is 1. The average Bonchev–Trinajstić information content (AvgIpc) is 3.54. The molecule has 2 aliphatic rings. The van der Waals surface area contributed by atoms with Crippen LogP contribution in [0.5, 0.6) is 11.5 Å². The normalized spacial score (nSPS) is 17.1. The summed E-state index contributed by atoms with van der Waals surface area (Å²) in [7, 11) is 3.34. The van der Waals surface area contributed by atoms with Gasteiger partial charge in [0, 0.05) is 29.1 Å². The van der Waals surface area contributed by atoms with E-state index in [9.17, 15) is 4.79 Å². The predicted octanol–water partition coefficient (Wildman–Crippen LogP) is 4.91. The topological polar surface area (TPSA) is 73.2 Å². The zero-order valence-electron chi connectivity index (χ0n) is 19.6. The summed E-state index contributed by atoms with van der Waals surface area (Å²) in [4.78, 5) is 16.8. The van der Waals surface area contributed by atoms with Crippen LogP contribution in [0.2, 0.25) is 0 Å². The maximum absolute atomic E-state index is 13.0. The lowest BCUT2D eigenvalue weighted by Crippen LogP contribution is -2.40. The first-order valence-electron chi connectivity index (χ1n) is 11.7. The third kappa shape index (κ3) is 4.33. The summed E-state index contributed by atoms with van der Waals surface area (Å²) in [6, 6.07) is 9.34. The van der Waals surface area contributed by atoms with E-state index in [4.69, 9.17) is 18.6 Å². The monoisotopic (exact) mass is 482 g/mol. The molecule has 1 N–H and O–H groups in total. The molecular formula is C26H30N2O5S. The number of furan rings is 1. The highest BCUT2D eigenvalue weighted by Crippen LogP contribution is 2.48. The quantitative estimate of drug-likeness (QED) is 0.516. The molecule has 0 saturated carbocycles. The van der Waals surface area contributed by atoms with E-state index in [2.05, 4.69) is 16.3 Å². The van der Waals surface area contributed by atoms with E-state index < -0.39 is 0 Å². The number of aryl methyl sites for hydroxylation is 1. The van der Waals surface area contributed by atoms with E-state index >= 15 is 0 Å². The van der Waals surface area contributed by atoms with E-state index in [1.165, 1.54) is 23.1 Å². The maximum atomic E-state index is 13.0. The molecular weight excluding hydrogens is 452 g/mol. The fourth-order valence-corrected chi connectivity index (χ4v) is 6.36. The summed E-state index contributed by atoms with van der Waals surface area (Å²) in [6.07, 6.45) is 5.88. The highest BCUT2D eigenvalue weighted by Gasteiger charge is 2.35. The van der Waals surface area contributed by atoms with Crippen LogP contribution in [0.1, 0.15) is 51.0 Å². The Balaban J connectivity index is 1.67. The van der Waals surface area contributed by atoms with Crippen LogP contribution in [0.15, 0.2) is 41.0 Å². The van der Waals surface area contributed by atoms with Gasteiger partial charge in [-0.2, -0.15) is 0 Å². The molecule has 0 radical (unpaired) electrons. The number of methoxy groups -OCH3 is 2. The van der Waals surface area contributed by atoms with Crippen molar-refractivity contribution in [2.75, 3.05) is 45.8 Å². The van der Waals surface area contributed by atoms with Crippen molar-refractivity contribution >= 4 is 22.2 Å². The van der Waals surface area contributed by atoms with Gasteiger partial charge in [0.05, 0.1) is 39.7 Å². The lowest BCUT2D eigenvalue weighted by molar-refractivity contribution is 0.0235. The summed E-state index contributed by atoms with van der Waals surface area (Å²) in [5.41, 5.74) is 3.55. The molecule has 3 aromatic rings. The summed E-state index contributed by atoms with van der Waals surface area (Å²) in [5, 5.41) is 4.07. The second kappa shape index (κ2) is 10.2. The molecule has 1 atom stereocenters. The third-order valence-electron chi connectivity index (χ3n) is 6.60. The van der Waals surface area contributed by atoms with Gasteiger partial charge >= 0.3 is 0 Å². The summed E-state index contributed by atoms with van der Waals surface area (Å²) >= 11 is 1.69. The third-order valence-corrected chi connectivity index (χ3v) is 7.82. The maximum Gasteiger partial charge on any atom is 0.291 e. The number of thiophene rings is 1. The molecule has 0 bridgehead atoms. The Morgan fingerprint density at radius 1 is 1.09 bits per heavy atom. The van der Waals surface area contributed by atoms with Gasteiger partial charge < -0.3 is 23.9 Å². The molecule has 1 aliphatic heterocycles. The van der Waals surface area contributed by atoms with Gasteiger partial charge in [0.2, 0.25) is 0 Å². The lowest BCUT2D eigenvalue weighted by atomic mass is 9.88. The zero-order chi connectivity index (χ0) is 23.5. The lowest BCUT2D eigenvalue weighted by Gasteiger charge is -2.36. The minimum atomic E-state index is -0.233. The van der Waals surface area contributed by atoms with Gasteiger partial charge in [-0.15, -0.1) is 11.3 Å². The molecule has 180 valence electrons. The van der Waals surface area contributed by atoms with Crippen molar-refractivity contribution in [2.45, 2.75) is 31.7 Å². The molecule has 1 aliphatic carbocycles. The minimum absolute atomic E-state index is 0.0982. The van der Waals surface area contributed by atoms with Gasteiger partial charge in [0.1, 0.15) is 5.00 Å². The van der Waals surface area contributed by atoms with E-state index in [-0.39, 0.29) is 11.9 Å². The molecule has 34 heavy (non-hydrogen) atoms. The number of benzene rings is 1. The number of hydrogen-bond acceptors (Lipinski definition) is 7. The number of hydrogen-bond donors (Lipinski definition) is 1. The molecule has 2 aromatic heterocycles. The molecule has 7 nitrogen and oxygen atoms in total. The number of anilines is 1. The van der Waals surface area contributed by atoms with Gasteiger partial charge in [-0.3, -0.25) is 9.69 Å².